The van der Waals surface area contributed by atoms with Gasteiger partial charge >= 0.3 is 5.69 Å². The number of hydrogen-bond donors (Lipinski definition) is 0. The van der Waals surface area contributed by atoms with E-state index in [1.807, 2.05) is 6.26 Å². The van der Waals surface area contributed by atoms with E-state index < -0.39 is 16.4 Å². The first-order chi connectivity index (χ1) is 12.0. The van der Waals surface area contributed by atoms with Gasteiger partial charge in [0.05, 0.1) is 23.8 Å². The molecule has 0 atom stereocenters. The highest BCUT2D eigenvalue weighted by Crippen LogP contribution is 2.31. The molecule has 1 aromatic carbocycles. The number of nitro benzene ring substituents is 1. The molecule has 0 radical (unpaired) electrons. The van der Waals surface area contributed by atoms with Crippen molar-refractivity contribution in [2.75, 3.05) is 37.5 Å². The first-order valence-electron chi connectivity index (χ1n) is 7.70. The standard InChI is InChI=1S/C16H17FN4O3S/c1-10-7-12(17)14(21(22)23)8-11(10)13-9-15(19-16(18-13)25-2)20-3-5-24-6-4-20/h7-9H,3-6H2,1-2H3. The molecule has 9 heteroatoms. The number of nitro groups is 1. The van der Waals surface area contributed by atoms with Crippen molar-refractivity contribution in [2.45, 2.75) is 12.1 Å². The van der Waals surface area contributed by atoms with Gasteiger partial charge in [-0.05, 0) is 24.8 Å². The second-order valence-electron chi connectivity index (χ2n) is 5.57. The maximum Gasteiger partial charge on any atom is 0.305 e. The zero-order chi connectivity index (χ0) is 18.0. The van der Waals surface area contributed by atoms with Gasteiger partial charge in [0.2, 0.25) is 5.82 Å². The number of aryl methyl sites for hydroxylation is 1. The molecular formula is C16H17FN4O3S. The second kappa shape index (κ2) is 7.32. The molecule has 1 aromatic heterocycles. The highest BCUT2D eigenvalue weighted by atomic mass is 32.2. The lowest BCUT2D eigenvalue weighted by molar-refractivity contribution is -0.387. The van der Waals surface area contributed by atoms with Gasteiger partial charge in [-0.15, -0.1) is 0 Å². The van der Waals surface area contributed by atoms with Crippen LogP contribution in [0.4, 0.5) is 15.9 Å². The van der Waals surface area contributed by atoms with Crippen molar-refractivity contribution >= 4 is 23.3 Å². The van der Waals surface area contributed by atoms with E-state index in [-0.39, 0.29) is 0 Å². The van der Waals surface area contributed by atoms with Crippen LogP contribution in [0.1, 0.15) is 5.56 Å². The number of benzene rings is 1. The molecule has 0 N–H and O–H groups in total. The van der Waals surface area contributed by atoms with Crippen LogP contribution < -0.4 is 4.90 Å². The Kier molecular flexibility index (Phi) is 5.14. The second-order valence-corrected chi connectivity index (χ2v) is 6.35. The summed E-state index contributed by atoms with van der Waals surface area (Å²) < 4.78 is 19.2. The van der Waals surface area contributed by atoms with E-state index in [4.69, 9.17) is 4.74 Å². The SMILES string of the molecule is CSc1nc(-c2cc([N+](=O)[O-])c(F)cc2C)cc(N2CCOCC2)n1. The molecule has 7 nitrogen and oxygen atoms in total. The molecule has 1 saturated heterocycles. The zero-order valence-electron chi connectivity index (χ0n) is 13.9. The van der Waals surface area contributed by atoms with Crippen molar-refractivity contribution < 1.29 is 14.1 Å². The van der Waals surface area contributed by atoms with E-state index in [0.717, 1.165) is 5.82 Å². The first kappa shape index (κ1) is 17.6. The Morgan fingerprint density at radius 1 is 1.28 bits per heavy atom. The van der Waals surface area contributed by atoms with Crippen LogP contribution in [0, 0.1) is 22.9 Å². The normalized spacial score (nSPS) is 14.6. The Morgan fingerprint density at radius 3 is 2.64 bits per heavy atom. The monoisotopic (exact) mass is 364 g/mol. The number of thioether (sulfide) groups is 1. The third-order valence-electron chi connectivity index (χ3n) is 3.98. The predicted molar refractivity (Wildman–Crippen MR) is 93.6 cm³/mol. The molecular weight excluding hydrogens is 347 g/mol. The molecule has 0 amide bonds. The molecule has 1 aliphatic heterocycles. The molecule has 0 spiro atoms. The van der Waals surface area contributed by atoms with Gasteiger partial charge in [-0.1, -0.05) is 11.8 Å². The molecule has 2 heterocycles. The maximum atomic E-state index is 13.8. The predicted octanol–water partition coefficient (Wildman–Crippen LogP) is 3.06. The first-order valence-corrected chi connectivity index (χ1v) is 8.92. The van der Waals surface area contributed by atoms with E-state index in [2.05, 4.69) is 14.9 Å². The van der Waals surface area contributed by atoms with Crippen molar-refractivity contribution in [3.8, 4) is 11.3 Å². The number of nitrogens with zero attached hydrogens (tertiary/aromatic N) is 4. The third kappa shape index (κ3) is 3.72. The Bertz CT molecular complexity index is 812. The quantitative estimate of drug-likeness (QED) is 0.357. The molecule has 0 aliphatic carbocycles. The smallest absolute Gasteiger partial charge is 0.305 e. The topological polar surface area (TPSA) is 81.4 Å². The molecule has 0 saturated carbocycles. The fraction of sp³-hybridized carbons (Fsp3) is 0.375. The maximum absolute atomic E-state index is 13.8. The molecule has 2 aromatic rings. The van der Waals surface area contributed by atoms with Crippen molar-refractivity contribution in [3.63, 3.8) is 0 Å². The molecule has 0 unspecified atom stereocenters. The van der Waals surface area contributed by atoms with Gasteiger partial charge in [0.15, 0.2) is 5.16 Å². The van der Waals surface area contributed by atoms with Gasteiger partial charge in [-0.3, -0.25) is 10.1 Å². The van der Waals surface area contributed by atoms with Gasteiger partial charge in [-0.2, -0.15) is 4.39 Å². The summed E-state index contributed by atoms with van der Waals surface area (Å²) in [7, 11) is 0. The minimum Gasteiger partial charge on any atom is -0.378 e. The van der Waals surface area contributed by atoms with E-state index in [1.165, 1.54) is 23.9 Å². The van der Waals surface area contributed by atoms with Crippen molar-refractivity contribution in [1.82, 2.24) is 9.97 Å². The Hall–Kier alpha value is -2.26. The van der Waals surface area contributed by atoms with Crippen LogP contribution in [-0.4, -0.2) is 47.5 Å². The van der Waals surface area contributed by atoms with Gasteiger partial charge in [0.25, 0.3) is 0 Å². The Morgan fingerprint density at radius 2 is 2.00 bits per heavy atom. The summed E-state index contributed by atoms with van der Waals surface area (Å²) in [6, 6.07) is 4.19. The number of ether oxygens (including phenoxy) is 1. The molecule has 132 valence electrons. The van der Waals surface area contributed by atoms with E-state index in [9.17, 15) is 14.5 Å². The fourth-order valence-corrected chi connectivity index (χ4v) is 3.05. The van der Waals surface area contributed by atoms with Crippen LogP contribution in [0.3, 0.4) is 0 Å². The van der Waals surface area contributed by atoms with E-state index >= 15 is 0 Å². The van der Waals surface area contributed by atoms with Crippen LogP contribution in [0.2, 0.25) is 0 Å². The van der Waals surface area contributed by atoms with Gasteiger partial charge < -0.3 is 9.64 Å². The summed E-state index contributed by atoms with van der Waals surface area (Å²) in [5.41, 5.74) is 1.10. The van der Waals surface area contributed by atoms with Gasteiger partial charge in [0.1, 0.15) is 5.82 Å². The number of halogens is 1. The number of aromatic nitrogens is 2. The summed E-state index contributed by atoms with van der Waals surface area (Å²) >= 11 is 1.39. The molecule has 0 bridgehead atoms. The largest absolute Gasteiger partial charge is 0.378 e. The Balaban J connectivity index is 2.10. The van der Waals surface area contributed by atoms with E-state index in [0.29, 0.717) is 48.3 Å². The molecule has 25 heavy (non-hydrogen) atoms. The summed E-state index contributed by atoms with van der Waals surface area (Å²) in [5, 5.41) is 11.6. The van der Waals surface area contributed by atoms with E-state index in [1.54, 1.807) is 13.0 Å². The lowest BCUT2D eigenvalue weighted by Gasteiger charge is -2.28. The average Bonchev–Trinajstić information content (AvgIpc) is 2.61. The average molecular weight is 364 g/mol. The number of hydrogen-bond acceptors (Lipinski definition) is 7. The fourth-order valence-electron chi connectivity index (χ4n) is 2.67. The summed E-state index contributed by atoms with van der Waals surface area (Å²) in [6.45, 7) is 4.38. The van der Waals surface area contributed by atoms with Crippen LogP contribution in [0.15, 0.2) is 23.4 Å². The highest BCUT2D eigenvalue weighted by Gasteiger charge is 2.20. The van der Waals surface area contributed by atoms with Crippen LogP contribution in [-0.2, 0) is 4.74 Å². The van der Waals surface area contributed by atoms with Crippen LogP contribution >= 0.6 is 11.8 Å². The number of morpholine rings is 1. The Labute approximate surface area is 148 Å². The highest BCUT2D eigenvalue weighted by molar-refractivity contribution is 7.98. The van der Waals surface area contributed by atoms with Gasteiger partial charge in [0, 0.05) is 30.8 Å². The molecule has 3 rings (SSSR count). The summed E-state index contributed by atoms with van der Waals surface area (Å²) in [6.07, 6.45) is 1.86. The van der Waals surface area contributed by atoms with Crippen LogP contribution in [0.5, 0.6) is 0 Å². The minimum absolute atomic E-state index is 0.528. The molecule has 1 aliphatic rings. The van der Waals surface area contributed by atoms with Crippen molar-refractivity contribution in [3.05, 3.63) is 39.7 Å². The summed E-state index contributed by atoms with van der Waals surface area (Å²) in [5.74, 6) is -0.108. The van der Waals surface area contributed by atoms with Crippen molar-refractivity contribution in [2.24, 2.45) is 0 Å². The third-order valence-corrected chi connectivity index (χ3v) is 4.52. The number of rotatable bonds is 4. The minimum atomic E-state index is -0.848. The summed E-state index contributed by atoms with van der Waals surface area (Å²) in [4.78, 5) is 21.4. The van der Waals surface area contributed by atoms with Gasteiger partial charge in [-0.25, -0.2) is 9.97 Å². The zero-order valence-corrected chi connectivity index (χ0v) is 14.7. The lowest BCUT2D eigenvalue weighted by atomic mass is 10.0. The van der Waals surface area contributed by atoms with Crippen LogP contribution in [0.25, 0.3) is 11.3 Å². The molecule has 1 fully saturated rings. The lowest BCUT2D eigenvalue weighted by Crippen LogP contribution is -2.36. The van der Waals surface area contributed by atoms with Crippen molar-refractivity contribution in [1.29, 1.82) is 0 Å². The number of anilines is 1.